The zero-order valence-corrected chi connectivity index (χ0v) is 11.4. The van der Waals surface area contributed by atoms with E-state index < -0.39 is 4.92 Å². The van der Waals surface area contributed by atoms with Gasteiger partial charge in [0.25, 0.3) is 0 Å². The molecule has 0 bridgehead atoms. The quantitative estimate of drug-likeness (QED) is 0.509. The Morgan fingerprint density at radius 3 is 2.55 bits per heavy atom. The van der Waals surface area contributed by atoms with E-state index in [1.54, 1.807) is 13.8 Å². The number of phenols is 2. The molecule has 0 fully saturated rings. The molecule has 2 rings (SSSR count). The highest BCUT2D eigenvalue weighted by Crippen LogP contribution is 2.39. The molecule has 0 aliphatic heterocycles. The molecule has 0 radical (unpaired) electrons. The lowest BCUT2D eigenvalue weighted by atomic mass is 10.1. The predicted octanol–water partition coefficient (Wildman–Crippen LogP) is 3.49. The maximum absolute atomic E-state index is 10.5. The normalized spacial score (nSPS) is 11.1. The molecule has 0 atom stereocenters. The summed E-state index contributed by atoms with van der Waals surface area (Å²) in [5, 5.41) is 37.4. The molecule has 0 aliphatic rings. The SMILES string of the molecule is Cc1c(O)cc(O)c(N=Nc2ncc([N+](=O)[O-])s2)c1C. The van der Waals surface area contributed by atoms with E-state index in [0.29, 0.717) is 11.1 Å². The molecule has 0 unspecified atom stereocenters. The van der Waals surface area contributed by atoms with Gasteiger partial charge in [-0.25, -0.2) is 4.98 Å². The second-order valence-corrected chi connectivity index (χ2v) is 4.94. The van der Waals surface area contributed by atoms with Crippen LogP contribution in [0.1, 0.15) is 11.1 Å². The van der Waals surface area contributed by atoms with Crippen molar-refractivity contribution in [1.29, 1.82) is 0 Å². The van der Waals surface area contributed by atoms with Gasteiger partial charge < -0.3 is 10.2 Å². The third-order valence-electron chi connectivity index (χ3n) is 2.71. The van der Waals surface area contributed by atoms with Crippen LogP contribution in [0.2, 0.25) is 0 Å². The minimum absolute atomic E-state index is 0.0381. The van der Waals surface area contributed by atoms with Gasteiger partial charge in [-0.3, -0.25) is 10.1 Å². The van der Waals surface area contributed by atoms with E-state index in [1.165, 1.54) is 6.07 Å². The highest BCUT2D eigenvalue weighted by Gasteiger charge is 2.13. The predicted molar refractivity (Wildman–Crippen MR) is 72.2 cm³/mol. The fourth-order valence-corrected chi connectivity index (χ4v) is 2.03. The molecule has 0 aliphatic carbocycles. The van der Waals surface area contributed by atoms with Gasteiger partial charge in [0.05, 0.1) is 4.92 Å². The first-order valence-corrected chi connectivity index (χ1v) is 6.26. The van der Waals surface area contributed by atoms with Gasteiger partial charge >= 0.3 is 5.00 Å². The van der Waals surface area contributed by atoms with Gasteiger partial charge in [-0.2, -0.15) is 0 Å². The standard InChI is InChI=1S/C11H10N4O4S/c1-5-6(2)10(8(17)3-7(5)16)13-14-11-12-4-9(20-11)15(18)19/h3-4,16-17H,1-2H3. The second kappa shape index (κ2) is 5.21. The van der Waals surface area contributed by atoms with Crippen LogP contribution >= 0.6 is 11.3 Å². The first kappa shape index (κ1) is 13.9. The Morgan fingerprint density at radius 2 is 1.95 bits per heavy atom. The molecule has 1 aromatic heterocycles. The van der Waals surface area contributed by atoms with Crippen molar-refractivity contribution >= 4 is 27.2 Å². The third kappa shape index (κ3) is 2.57. The molecular formula is C11H10N4O4S. The van der Waals surface area contributed by atoms with E-state index in [4.69, 9.17) is 0 Å². The van der Waals surface area contributed by atoms with Crippen molar-refractivity contribution in [2.24, 2.45) is 10.2 Å². The molecule has 1 heterocycles. The van der Waals surface area contributed by atoms with Gasteiger partial charge in [-0.15, -0.1) is 10.2 Å². The summed E-state index contributed by atoms with van der Waals surface area (Å²) < 4.78 is 0. The highest BCUT2D eigenvalue weighted by molar-refractivity contribution is 7.18. The van der Waals surface area contributed by atoms with Gasteiger partial charge in [0, 0.05) is 6.07 Å². The van der Waals surface area contributed by atoms with Crippen LogP contribution < -0.4 is 0 Å². The lowest BCUT2D eigenvalue weighted by molar-refractivity contribution is -0.380. The summed E-state index contributed by atoms with van der Waals surface area (Å²) in [7, 11) is 0. The third-order valence-corrected chi connectivity index (χ3v) is 3.55. The number of thiazole rings is 1. The van der Waals surface area contributed by atoms with E-state index in [2.05, 4.69) is 15.2 Å². The maximum Gasteiger partial charge on any atom is 0.345 e. The van der Waals surface area contributed by atoms with E-state index >= 15 is 0 Å². The van der Waals surface area contributed by atoms with Crippen molar-refractivity contribution < 1.29 is 15.1 Å². The summed E-state index contributed by atoms with van der Waals surface area (Å²) in [4.78, 5) is 13.7. The lowest BCUT2D eigenvalue weighted by Gasteiger charge is -2.07. The number of hydrogen-bond donors (Lipinski definition) is 2. The highest BCUT2D eigenvalue weighted by atomic mass is 32.1. The van der Waals surface area contributed by atoms with E-state index in [0.717, 1.165) is 17.5 Å². The van der Waals surface area contributed by atoms with Crippen molar-refractivity contribution in [2.75, 3.05) is 0 Å². The zero-order valence-electron chi connectivity index (χ0n) is 10.6. The van der Waals surface area contributed by atoms with Crippen molar-refractivity contribution in [1.82, 2.24) is 4.98 Å². The molecule has 20 heavy (non-hydrogen) atoms. The van der Waals surface area contributed by atoms with E-state index in [9.17, 15) is 20.3 Å². The second-order valence-electron chi connectivity index (χ2n) is 3.95. The van der Waals surface area contributed by atoms with Gasteiger partial charge in [-0.1, -0.05) is 0 Å². The summed E-state index contributed by atoms with van der Waals surface area (Å²) in [5.74, 6) is -0.260. The number of aromatic nitrogens is 1. The number of azo groups is 1. The van der Waals surface area contributed by atoms with Gasteiger partial charge in [0.1, 0.15) is 23.4 Å². The van der Waals surface area contributed by atoms with Crippen molar-refractivity contribution in [3.8, 4) is 11.5 Å². The number of benzene rings is 1. The molecule has 2 N–H and O–H groups in total. The Kier molecular flexibility index (Phi) is 3.61. The van der Waals surface area contributed by atoms with E-state index in [-0.39, 0.29) is 27.3 Å². The van der Waals surface area contributed by atoms with Crippen LogP contribution in [0.4, 0.5) is 15.8 Å². The van der Waals surface area contributed by atoms with Crippen LogP contribution in [0.25, 0.3) is 0 Å². The molecular weight excluding hydrogens is 284 g/mol. The minimum Gasteiger partial charge on any atom is -0.508 e. The summed E-state index contributed by atoms with van der Waals surface area (Å²) >= 11 is 0.778. The molecule has 8 nitrogen and oxygen atoms in total. The summed E-state index contributed by atoms with van der Waals surface area (Å²) in [6, 6.07) is 1.17. The van der Waals surface area contributed by atoms with Gasteiger partial charge in [0.15, 0.2) is 0 Å². The molecule has 2 aromatic rings. The van der Waals surface area contributed by atoms with Crippen LogP contribution in [-0.2, 0) is 0 Å². The number of hydrogen-bond acceptors (Lipinski definition) is 8. The van der Waals surface area contributed by atoms with Crippen LogP contribution in [-0.4, -0.2) is 20.1 Å². The minimum atomic E-state index is -0.565. The first-order chi connectivity index (χ1) is 9.40. The Balaban J connectivity index is 2.36. The average molecular weight is 294 g/mol. The monoisotopic (exact) mass is 294 g/mol. The molecule has 0 saturated carbocycles. The fourth-order valence-electron chi connectivity index (χ4n) is 1.47. The van der Waals surface area contributed by atoms with Crippen LogP contribution in [0.15, 0.2) is 22.5 Å². The molecule has 0 amide bonds. The molecule has 9 heteroatoms. The number of phenolic OH excluding ortho intramolecular Hbond substituents is 2. The first-order valence-electron chi connectivity index (χ1n) is 5.44. The Hall–Kier alpha value is -2.55. The van der Waals surface area contributed by atoms with Crippen molar-refractivity contribution in [3.63, 3.8) is 0 Å². The molecule has 0 saturated heterocycles. The smallest absolute Gasteiger partial charge is 0.345 e. The summed E-state index contributed by atoms with van der Waals surface area (Å²) in [5.41, 5.74) is 1.33. The topological polar surface area (TPSA) is 121 Å². The Bertz CT molecular complexity index is 711. The number of aromatic hydroxyl groups is 2. The molecule has 104 valence electrons. The number of nitrogens with zero attached hydrogens (tertiary/aromatic N) is 4. The van der Waals surface area contributed by atoms with Crippen molar-refractivity contribution in [3.05, 3.63) is 33.5 Å². The van der Waals surface area contributed by atoms with E-state index in [1.807, 2.05) is 0 Å². The van der Waals surface area contributed by atoms with Crippen molar-refractivity contribution in [2.45, 2.75) is 13.8 Å². The Morgan fingerprint density at radius 1 is 1.25 bits per heavy atom. The average Bonchev–Trinajstić information content (AvgIpc) is 2.85. The van der Waals surface area contributed by atoms with Crippen LogP contribution in [0.3, 0.4) is 0 Å². The zero-order chi connectivity index (χ0) is 14.9. The molecule has 1 aromatic carbocycles. The lowest BCUT2D eigenvalue weighted by Crippen LogP contribution is -1.83. The number of rotatable bonds is 3. The summed E-state index contributed by atoms with van der Waals surface area (Å²) in [6.07, 6.45) is 1.09. The van der Waals surface area contributed by atoms with Crippen LogP contribution in [0, 0.1) is 24.0 Å². The van der Waals surface area contributed by atoms with Gasteiger partial charge in [0.2, 0.25) is 5.13 Å². The maximum atomic E-state index is 10.5. The van der Waals surface area contributed by atoms with Crippen LogP contribution in [0.5, 0.6) is 11.5 Å². The number of nitro groups is 1. The summed E-state index contributed by atoms with van der Waals surface area (Å²) in [6.45, 7) is 3.35. The fraction of sp³-hybridized carbons (Fsp3) is 0.182. The molecule has 0 spiro atoms. The largest absolute Gasteiger partial charge is 0.508 e. The Labute approximate surface area is 117 Å². The van der Waals surface area contributed by atoms with Gasteiger partial charge in [-0.05, 0) is 36.3 Å².